The van der Waals surface area contributed by atoms with Crippen molar-refractivity contribution < 1.29 is 14.7 Å². The molecule has 4 N–H and O–H groups in total. The van der Waals surface area contributed by atoms with Crippen molar-refractivity contribution in [1.82, 2.24) is 10.3 Å². The van der Waals surface area contributed by atoms with Crippen LogP contribution in [0.3, 0.4) is 0 Å². The molecule has 19 heavy (non-hydrogen) atoms. The lowest BCUT2D eigenvalue weighted by molar-refractivity contribution is -0.139. The van der Waals surface area contributed by atoms with E-state index in [1.807, 2.05) is 0 Å². The second-order valence-electron chi connectivity index (χ2n) is 3.73. The lowest BCUT2D eigenvalue weighted by Crippen LogP contribution is -2.33. The number of rotatable bonds is 4. The van der Waals surface area contributed by atoms with E-state index >= 15 is 0 Å². The summed E-state index contributed by atoms with van der Waals surface area (Å²) in [5.41, 5.74) is 6.04. The van der Waals surface area contributed by atoms with E-state index in [0.717, 1.165) is 11.3 Å². The van der Waals surface area contributed by atoms with Crippen molar-refractivity contribution in [2.45, 2.75) is 6.04 Å². The first-order chi connectivity index (χ1) is 9.08. The van der Waals surface area contributed by atoms with Crippen LogP contribution < -0.4 is 11.1 Å². The molecule has 1 amide bonds. The molecule has 0 aliphatic carbocycles. The Labute approximate surface area is 112 Å². The summed E-state index contributed by atoms with van der Waals surface area (Å²) in [7, 11) is 0. The summed E-state index contributed by atoms with van der Waals surface area (Å²) < 4.78 is 0. The van der Waals surface area contributed by atoms with Crippen molar-refractivity contribution >= 4 is 28.3 Å². The summed E-state index contributed by atoms with van der Waals surface area (Å²) in [4.78, 5) is 26.9. The number of carbonyl (C=O) groups excluding carboxylic acids is 1. The van der Waals surface area contributed by atoms with Gasteiger partial charge in [0.1, 0.15) is 5.69 Å². The van der Waals surface area contributed by atoms with E-state index in [1.165, 1.54) is 5.38 Å². The summed E-state index contributed by atoms with van der Waals surface area (Å²) in [6, 6.07) is 7.33. The van der Waals surface area contributed by atoms with Gasteiger partial charge in [-0.3, -0.25) is 4.79 Å². The average Bonchev–Trinajstić information content (AvgIpc) is 2.83. The monoisotopic (exact) mass is 277 g/mol. The molecular formula is C12H11N3O3S. The third-order valence-corrected chi connectivity index (χ3v) is 3.08. The molecule has 0 bridgehead atoms. The van der Waals surface area contributed by atoms with E-state index < -0.39 is 17.9 Å². The Morgan fingerprint density at radius 1 is 1.32 bits per heavy atom. The van der Waals surface area contributed by atoms with Gasteiger partial charge in [0.2, 0.25) is 0 Å². The fourth-order valence-electron chi connectivity index (χ4n) is 1.53. The average molecular weight is 277 g/mol. The number of benzene rings is 1. The van der Waals surface area contributed by atoms with Crippen molar-refractivity contribution in [3.05, 3.63) is 47.0 Å². The van der Waals surface area contributed by atoms with Gasteiger partial charge in [-0.2, -0.15) is 0 Å². The number of carbonyl (C=O) groups is 2. The molecule has 0 aliphatic heterocycles. The molecule has 0 saturated carbocycles. The Hall–Kier alpha value is -2.41. The van der Waals surface area contributed by atoms with Crippen molar-refractivity contribution in [1.29, 1.82) is 0 Å². The van der Waals surface area contributed by atoms with Crippen LogP contribution in [-0.2, 0) is 4.79 Å². The molecule has 0 spiro atoms. The minimum absolute atomic E-state index is 0.115. The molecule has 0 fully saturated rings. The van der Waals surface area contributed by atoms with Gasteiger partial charge in [-0.05, 0) is 5.56 Å². The molecule has 2 rings (SSSR count). The molecule has 1 atom stereocenters. The second-order valence-corrected chi connectivity index (χ2v) is 4.62. The van der Waals surface area contributed by atoms with Crippen LogP contribution in [-0.4, -0.2) is 22.0 Å². The number of anilines is 1. The number of hydrogen-bond acceptors (Lipinski definition) is 5. The van der Waals surface area contributed by atoms with Gasteiger partial charge in [0.05, 0.1) is 0 Å². The van der Waals surface area contributed by atoms with E-state index in [4.69, 9.17) is 5.73 Å². The maximum absolute atomic E-state index is 11.9. The second kappa shape index (κ2) is 5.49. The minimum Gasteiger partial charge on any atom is -0.479 e. The molecule has 6 nitrogen and oxygen atoms in total. The number of aliphatic carboxylic acids is 1. The highest BCUT2D eigenvalue weighted by Crippen LogP contribution is 2.15. The van der Waals surface area contributed by atoms with Crippen molar-refractivity contribution in [2.24, 2.45) is 0 Å². The number of nitrogens with zero attached hydrogens (tertiary/aromatic N) is 1. The topological polar surface area (TPSA) is 105 Å². The predicted octanol–water partition coefficient (Wildman–Crippen LogP) is 1.28. The molecule has 1 heterocycles. The quantitative estimate of drug-likeness (QED) is 0.780. The van der Waals surface area contributed by atoms with Crippen LogP contribution in [0.2, 0.25) is 0 Å². The van der Waals surface area contributed by atoms with Gasteiger partial charge in [0, 0.05) is 5.38 Å². The lowest BCUT2D eigenvalue weighted by atomic mass is 10.1. The van der Waals surface area contributed by atoms with E-state index in [-0.39, 0.29) is 10.8 Å². The zero-order chi connectivity index (χ0) is 13.8. The Balaban J connectivity index is 2.18. The Morgan fingerprint density at radius 2 is 2.00 bits per heavy atom. The zero-order valence-electron chi connectivity index (χ0n) is 9.74. The van der Waals surface area contributed by atoms with Gasteiger partial charge < -0.3 is 16.2 Å². The molecule has 0 aliphatic rings. The van der Waals surface area contributed by atoms with E-state index in [0.29, 0.717) is 5.56 Å². The number of carboxylic acids is 1. The van der Waals surface area contributed by atoms with Gasteiger partial charge in [-0.25, -0.2) is 9.78 Å². The summed E-state index contributed by atoms with van der Waals surface area (Å²) in [5, 5.41) is 13.3. The number of amides is 1. The first-order valence-corrected chi connectivity index (χ1v) is 6.25. The number of hydrogen-bond donors (Lipinski definition) is 3. The molecule has 7 heteroatoms. The van der Waals surface area contributed by atoms with E-state index in [2.05, 4.69) is 10.3 Å². The number of aromatic nitrogens is 1. The molecule has 0 radical (unpaired) electrons. The third-order valence-electron chi connectivity index (χ3n) is 2.41. The van der Waals surface area contributed by atoms with Crippen LogP contribution in [0.25, 0.3) is 0 Å². The summed E-state index contributed by atoms with van der Waals surface area (Å²) in [5.74, 6) is -1.70. The normalized spacial score (nSPS) is 11.8. The van der Waals surface area contributed by atoms with E-state index in [9.17, 15) is 14.7 Å². The van der Waals surface area contributed by atoms with Crippen LogP contribution in [0.15, 0.2) is 35.7 Å². The van der Waals surface area contributed by atoms with Crippen molar-refractivity contribution in [3.63, 3.8) is 0 Å². The molecule has 2 aromatic rings. The van der Waals surface area contributed by atoms with Gasteiger partial charge in [0.25, 0.3) is 5.91 Å². The van der Waals surface area contributed by atoms with Gasteiger partial charge in [-0.15, -0.1) is 11.3 Å². The molecule has 1 aromatic heterocycles. The van der Waals surface area contributed by atoms with Crippen molar-refractivity contribution in [3.8, 4) is 0 Å². The minimum atomic E-state index is -1.14. The molecule has 0 unspecified atom stereocenters. The number of nitrogens with one attached hydrogen (secondary N) is 1. The SMILES string of the molecule is Nc1nc(C(=O)N[C@@H](C(=O)O)c2ccccc2)cs1. The predicted molar refractivity (Wildman–Crippen MR) is 70.8 cm³/mol. The van der Waals surface area contributed by atoms with Crippen molar-refractivity contribution in [2.75, 3.05) is 5.73 Å². The van der Waals surface area contributed by atoms with Gasteiger partial charge in [0.15, 0.2) is 11.2 Å². The zero-order valence-corrected chi connectivity index (χ0v) is 10.6. The van der Waals surface area contributed by atoms with Crippen LogP contribution >= 0.6 is 11.3 Å². The Morgan fingerprint density at radius 3 is 2.53 bits per heavy atom. The largest absolute Gasteiger partial charge is 0.479 e. The summed E-state index contributed by atoms with van der Waals surface area (Å²) >= 11 is 1.12. The smallest absolute Gasteiger partial charge is 0.330 e. The van der Waals surface area contributed by atoms with Crippen LogP contribution in [0.5, 0.6) is 0 Å². The number of thiazole rings is 1. The van der Waals surface area contributed by atoms with Gasteiger partial charge in [-0.1, -0.05) is 30.3 Å². The highest BCUT2D eigenvalue weighted by Gasteiger charge is 2.23. The maximum Gasteiger partial charge on any atom is 0.330 e. The van der Waals surface area contributed by atoms with Gasteiger partial charge >= 0.3 is 5.97 Å². The molecule has 1 aromatic carbocycles. The number of nitrogens with two attached hydrogens (primary N) is 1. The Kier molecular flexibility index (Phi) is 3.76. The summed E-state index contributed by atoms with van der Waals surface area (Å²) in [6.07, 6.45) is 0. The standard InChI is InChI=1S/C12H11N3O3S/c13-12-14-8(6-19-12)10(16)15-9(11(17)18)7-4-2-1-3-5-7/h1-6,9H,(H2,13,14)(H,15,16)(H,17,18)/t9-/m1/s1. The van der Waals surface area contributed by atoms with E-state index in [1.54, 1.807) is 30.3 Å². The Bertz CT molecular complexity index is 597. The highest BCUT2D eigenvalue weighted by molar-refractivity contribution is 7.13. The maximum atomic E-state index is 11.9. The van der Waals surface area contributed by atoms with Crippen LogP contribution in [0, 0.1) is 0 Å². The highest BCUT2D eigenvalue weighted by atomic mass is 32.1. The summed E-state index contributed by atoms with van der Waals surface area (Å²) in [6.45, 7) is 0. The van der Waals surface area contributed by atoms with Crippen LogP contribution in [0.1, 0.15) is 22.1 Å². The number of nitrogen functional groups attached to an aromatic ring is 1. The molecular weight excluding hydrogens is 266 g/mol. The number of carboxylic acid groups (broad SMARTS) is 1. The fourth-order valence-corrected chi connectivity index (χ4v) is 2.07. The molecule has 0 saturated heterocycles. The fraction of sp³-hybridized carbons (Fsp3) is 0.0833. The van der Waals surface area contributed by atoms with Crippen LogP contribution in [0.4, 0.5) is 5.13 Å². The third kappa shape index (κ3) is 3.08. The lowest BCUT2D eigenvalue weighted by Gasteiger charge is -2.13. The molecule has 98 valence electrons. The first kappa shape index (κ1) is 13.0. The first-order valence-electron chi connectivity index (χ1n) is 5.37.